The molecule has 0 bridgehead atoms. The molecule has 0 amide bonds. The Balaban J connectivity index is 1.95. The lowest BCUT2D eigenvalue weighted by atomic mass is 10.6. The van der Waals surface area contributed by atoms with Gasteiger partial charge in [-0.05, 0) is 0 Å². The third kappa shape index (κ3) is 2.23. The summed E-state index contributed by atoms with van der Waals surface area (Å²) in [5.74, 6) is 0.408. The Morgan fingerprint density at radius 3 is 3.11 bits per heavy atom. The van der Waals surface area contributed by atoms with Crippen molar-refractivity contribution >= 4 is 37.9 Å². The highest BCUT2D eigenvalue weighted by Crippen LogP contribution is 2.25. The van der Waals surface area contributed by atoms with Gasteiger partial charge in [0.05, 0.1) is 6.54 Å². The van der Waals surface area contributed by atoms with Gasteiger partial charge in [-0.1, -0.05) is 11.6 Å². The molecule has 0 aliphatic rings. The summed E-state index contributed by atoms with van der Waals surface area (Å²) < 4.78 is 28.2. The van der Waals surface area contributed by atoms with Crippen molar-refractivity contribution in [1.29, 1.82) is 0 Å². The first-order chi connectivity index (χ1) is 9.08. The fourth-order valence-corrected chi connectivity index (χ4v) is 3.96. The summed E-state index contributed by atoms with van der Waals surface area (Å²) in [6.07, 6.45) is 2.90. The molecular formula is C8H7ClN6O2S2. The van der Waals surface area contributed by atoms with Crippen LogP contribution in [0.1, 0.15) is 5.82 Å². The Morgan fingerprint density at radius 2 is 2.37 bits per heavy atom. The van der Waals surface area contributed by atoms with Crippen LogP contribution in [0.2, 0.25) is 5.15 Å². The van der Waals surface area contributed by atoms with E-state index in [1.54, 1.807) is 11.6 Å². The van der Waals surface area contributed by atoms with Crippen LogP contribution >= 0.6 is 22.9 Å². The van der Waals surface area contributed by atoms with Crippen LogP contribution in [0, 0.1) is 0 Å². The van der Waals surface area contributed by atoms with Gasteiger partial charge >= 0.3 is 0 Å². The predicted molar refractivity (Wildman–Crippen MR) is 68.5 cm³/mol. The van der Waals surface area contributed by atoms with Crippen LogP contribution in [-0.2, 0) is 16.6 Å². The summed E-state index contributed by atoms with van der Waals surface area (Å²) in [7, 11) is -3.78. The van der Waals surface area contributed by atoms with Crippen LogP contribution in [-0.4, -0.2) is 33.0 Å². The number of nitrogens with zero attached hydrogens (tertiary/aromatic N) is 4. The molecule has 0 aliphatic carbocycles. The molecule has 3 rings (SSSR count). The van der Waals surface area contributed by atoms with Gasteiger partial charge in [-0.3, -0.25) is 9.50 Å². The maximum Gasteiger partial charge on any atom is 0.260 e. The molecule has 0 saturated carbocycles. The van der Waals surface area contributed by atoms with Crippen LogP contribution in [0.3, 0.4) is 0 Å². The maximum atomic E-state index is 12.2. The number of fused-ring (bicyclic) bond motifs is 1. The summed E-state index contributed by atoms with van der Waals surface area (Å²) in [6.45, 7) is -0.00394. The van der Waals surface area contributed by atoms with E-state index in [0.717, 1.165) is 0 Å². The van der Waals surface area contributed by atoms with Crippen molar-refractivity contribution in [1.82, 2.24) is 29.3 Å². The molecule has 0 saturated heterocycles. The molecule has 100 valence electrons. The normalized spacial score (nSPS) is 12.3. The molecule has 3 aromatic rings. The molecule has 0 spiro atoms. The summed E-state index contributed by atoms with van der Waals surface area (Å²) in [4.78, 5) is 8.32. The predicted octanol–water partition coefficient (Wildman–Crippen LogP) is 0.646. The number of aromatic nitrogens is 5. The highest BCUT2D eigenvalue weighted by Gasteiger charge is 2.24. The Kier molecular flexibility index (Phi) is 3.01. The second-order valence-corrected chi connectivity index (χ2v) is 6.43. The third-order valence-electron chi connectivity index (χ3n) is 2.33. The second kappa shape index (κ2) is 4.56. The van der Waals surface area contributed by atoms with Gasteiger partial charge in [0, 0.05) is 11.6 Å². The Bertz CT molecular complexity index is 806. The van der Waals surface area contributed by atoms with E-state index in [2.05, 4.69) is 24.9 Å². The molecule has 19 heavy (non-hydrogen) atoms. The lowest BCUT2D eigenvalue weighted by Gasteiger charge is -2.04. The molecule has 0 aliphatic heterocycles. The largest absolute Gasteiger partial charge is 0.279 e. The first-order valence-corrected chi connectivity index (χ1v) is 7.77. The summed E-state index contributed by atoms with van der Waals surface area (Å²) in [5.41, 5.74) is 0. The zero-order valence-corrected chi connectivity index (χ0v) is 11.6. The van der Waals surface area contributed by atoms with Gasteiger partial charge in [0.15, 0.2) is 15.1 Å². The molecular weight excluding hydrogens is 312 g/mol. The van der Waals surface area contributed by atoms with Crippen molar-refractivity contribution in [3.8, 4) is 0 Å². The number of imidazole rings is 1. The molecule has 3 aromatic heterocycles. The van der Waals surface area contributed by atoms with Crippen molar-refractivity contribution in [3.05, 3.63) is 28.9 Å². The fraction of sp³-hybridized carbons (Fsp3) is 0.125. The lowest BCUT2D eigenvalue weighted by molar-refractivity contribution is 0.574. The number of nitrogens with one attached hydrogen (secondary N) is 2. The lowest BCUT2D eigenvalue weighted by Crippen LogP contribution is -2.25. The zero-order chi connectivity index (χ0) is 13.5. The van der Waals surface area contributed by atoms with Crippen molar-refractivity contribution < 1.29 is 8.42 Å². The Hall–Kier alpha value is -1.49. The minimum atomic E-state index is -3.78. The Morgan fingerprint density at radius 1 is 1.53 bits per heavy atom. The molecule has 0 aromatic carbocycles. The van der Waals surface area contributed by atoms with Gasteiger partial charge in [-0.2, -0.15) is 5.10 Å². The summed E-state index contributed by atoms with van der Waals surface area (Å²) in [5, 5.41) is 7.79. The maximum absolute atomic E-state index is 12.2. The van der Waals surface area contributed by atoms with E-state index in [-0.39, 0.29) is 16.7 Å². The van der Waals surface area contributed by atoms with Gasteiger partial charge in [0.25, 0.3) is 10.0 Å². The van der Waals surface area contributed by atoms with Crippen LogP contribution in [0.15, 0.2) is 22.9 Å². The van der Waals surface area contributed by atoms with Crippen LogP contribution < -0.4 is 4.72 Å². The first-order valence-electron chi connectivity index (χ1n) is 5.03. The number of rotatable bonds is 4. The standard InChI is InChI=1S/C8H7ClN6O2S2/c9-6-7(15-1-2-18-8(15)13-6)19(16,17)12-3-5-10-4-11-14-5/h1-2,4,12H,3H2,(H,10,11,14). The molecule has 8 nitrogen and oxygen atoms in total. The van der Waals surface area contributed by atoms with E-state index in [1.165, 1.54) is 22.1 Å². The van der Waals surface area contributed by atoms with Crippen molar-refractivity contribution in [2.75, 3.05) is 0 Å². The zero-order valence-electron chi connectivity index (χ0n) is 9.24. The SMILES string of the molecule is O=S(=O)(NCc1ncn[nH]1)c1c(Cl)nc2sccn12. The van der Waals surface area contributed by atoms with Gasteiger partial charge in [-0.25, -0.2) is 23.1 Å². The van der Waals surface area contributed by atoms with E-state index >= 15 is 0 Å². The topological polar surface area (TPSA) is 105 Å². The number of hydrogen-bond donors (Lipinski definition) is 2. The van der Waals surface area contributed by atoms with Gasteiger partial charge in [-0.15, -0.1) is 11.3 Å². The quantitative estimate of drug-likeness (QED) is 0.734. The highest BCUT2D eigenvalue weighted by atomic mass is 35.5. The number of H-pyrrole nitrogens is 1. The van der Waals surface area contributed by atoms with E-state index < -0.39 is 10.0 Å². The number of hydrogen-bond acceptors (Lipinski definition) is 6. The van der Waals surface area contributed by atoms with E-state index in [4.69, 9.17) is 11.6 Å². The second-order valence-electron chi connectivity index (χ2n) is 3.52. The fourth-order valence-electron chi connectivity index (χ4n) is 1.53. The van der Waals surface area contributed by atoms with Crippen molar-refractivity contribution in [2.45, 2.75) is 11.6 Å². The molecule has 2 N–H and O–H groups in total. The molecule has 0 unspecified atom stereocenters. The average Bonchev–Trinajstić information content (AvgIpc) is 3.01. The molecule has 0 fully saturated rings. The molecule has 0 radical (unpaired) electrons. The minimum Gasteiger partial charge on any atom is -0.279 e. The van der Waals surface area contributed by atoms with E-state index in [1.807, 2.05) is 0 Å². The number of thiazole rings is 1. The first kappa shape index (κ1) is 12.5. The number of halogens is 1. The number of aromatic amines is 1. The smallest absolute Gasteiger partial charge is 0.260 e. The molecule has 0 atom stereocenters. The summed E-state index contributed by atoms with van der Waals surface area (Å²) in [6, 6.07) is 0. The van der Waals surface area contributed by atoms with Crippen molar-refractivity contribution in [2.24, 2.45) is 0 Å². The van der Waals surface area contributed by atoms with Gasteiger partial charge < -0.3 is 0 Å². The third-order valence-corrected chi connectivity index (χ3v) is 4.88. The van der Waals surface area contributed by atoms with Crippen LogP contribution in [0.4, 0.5) is 0 Å². The van der Waals surface area contributed by atoms with Crippen LogP contribution in [0.25, 0.3) is 4.96 Å². The van der Waals surface area contributed by atoms with E-state index in [0.29, 0.717) is 10.8 Å². The average molecular weight is 319 g/mol. The summed E-state index contributed by atoms with van der Waals surface area (Å²) >= 11 is 7.17. The van der Waals surface area contributed by atoms with Crippen LogP contribution in [0.5, 0.6) is 0 Å². The monoisotopic (exact) mass is 318 g/mol. The highest BCUT2D eigenvalue weighted by molar-refractivity contribution is 7.89. The van der Waals surface area contributed by atoms with E-state index in [9.17, 15) is 8.42 Å². The Labute approximate surface area is 116 Å². The van der Waals surface area contributed by atoms with Gasteiger partial charge in [0.2, 0.25) is 0 Å². The molecule has 11 heteroatoms. The minimum absolute atomic E-state index is 0.00394. The molecule has 3 heterocycles. The van der Waals surface area contributed by atoms with Crippen molar-refractivity contribution in [3.63, 3.8) is 0 Å². The number of sulfonamides is 1. The van der Waals surface area contributed by atoms with Gasteiger partial charge in [0.1, 0.15) is 12.2 Å².